The number of aliphatic hydroxyl groups is 3. The van der Waals surface area contributed by atoms with Crippen molar-refractivity contribution in [1.82, 2.24) is 0 Å². The predicted octanol–water partition coefficient (Wildman–Crippen LogP) is 26.7. The molecule has 0 radical (unpaired) electrons. The van der Waals surface area contributed by atoms with Crippen LogP contribution in [0.5, 0.6) is 0 Å². The van der Waals surface area contributed by atoms with Gasteiger partial charge in [-0.15, -0.1) is 0 Å². The molecule has 0 bridgehead atoms. The number of hydrogen-bond acceptors (Lipinski definition) is 4. The van der Waals surface area contributed by atoms with Crippen molar-refractivity contribution in [2.24, 2.45) is 16.2 Å². The van der Waals surface area contributed by atoms with Crippen LogP contribution >= 0.6 is 0 Å². The lowest BCUT2D eigenvalue weighted by Gasteiger charge is -2.63. The molecule has 2 unspecified atom stereocenters. The Labute approximate surface area is 524 Å². The van der Waals surface area contributed by atoms with Crippen LogP contribution in [0.4, 0.5) is 0 Å². The number of hydrogen-bond donors (Lipinski definition) is 3. The summed E-state index contributed by atoms with van der Waals surface area (Å²) in [7, 11) is 0. The lowest BCUT2D eigenvalue weighted by Crippen LogP contribution is -2.61. The maximum Gasteiger partial charge on any atom is 0.170 e. The van der Waals surface area contributed by atoms with Gasteiger partial charge in [-0.25, -0.2) is 0 Å². The highest BCUT2D eigenvalue weighted by atomic mass is 16.4. The summed E-state index contributed by atoms with van der Waals surface area (Å²) in [6.07, 6.45) is 79.4. The molecule has 0 aromatic carbocycles. The second kappa shape index (κ2) is 61.8. The van der Waals surface area contributed by atoms with Gasteiger partial charge in [-0.2, -0.15) is 0 Å². The summed E-state index contributed by atoms with van der Waals surface area (Å²) in [4.78, 5) is 16.8. The second-order valence-corrected chi connectivity index (χ2v) is 28.3. The van der Waals surface area contributed by atoms with Gasteiger partial charge in [-0.05, 0) is 55.8 Å². The lowest BCUT2D eigenvalue weighted by atomic mass is 9.40. The molecule has 0 rings (SSSR count). The van der Waals surface area contributed by atoms with Crippen molar-refractivity contribution in [3.05, 3.63) is 0 Å². The topological polar surface area (TPSA) is 77.8 Å². The zero-order chi connectivity index (χ0) is 60.9. The van der Waals surface area contributed by atoms with E-state index in [1.165, 1.54) is 366 Å². The first-order valence-corrected chi connectivity index (χ1v) is 39.2. The quantitative estimate of drug-likeness (QED) is 0.0531. The molecule has 83 heavy (non-hydrogen) atoms. The number of carbonyl (C=O) groups excluding carboxylic acids is 1. The summed E-state index contributed by atoms with van der Waals surface area (Å²) in [6, 6.07) is 0. The largest absolute Gasteiger partial charge is 0.394 e. The Balaban J connectivity index is 8.62. The lowest BCUT2D eigenvalue weighted by molar-refractivity contribution is -0.178. The van der Waals surface area contributed by atoms with Crippen molar-refractivity contribution in [2.75, 3.05) is 6.61 Å². The van der Waals surface area contributed by atoms with Gasteiger partial charge in [-0.1, -0.05) is 421 Å². The van der Waals surface area contributed by atoms with E-state index in [0.717, 1.165) is 51.4 Å². The number of rotatable bonds is 71. The highest BCUT2D eigenvalue weighted by Crippen LogP contribution is 2.68. The molecule has 2 atom stereocenters. The fourth-order valence-electron chi connectivity index (χ4n) is 15.8. The molecular weight excluding hydrogens is 1010 g/mol. The number of carbonyl (C=O) groups is 1. The summed E-state index contributed by atoms with van der Waals surface area (Å²) in [5.74, 6) is -0.0524. The van der Waals surface area contributed by atoms with Gasteiger partial charge in [-0.3, -0.25) is 4.79 Å². The smallest absolute Gasteiger partial charge is 0.170 e. The maximum absolute atomic E-state index is 16.8. The SMILES string of the molecule is CCCCCCCCCCCCC(CCCCCCCCCC)(CCCCCCCCCC)C(CCCCCCCCCC)(CCCCCCCCCC)C(CCCCCCCCCC)(CCCCCCCCCC)C(=O)C(O)C(O)CO. The minimum Gasteiger partial charge on any atom is -0.394 e. The van der Waals surface area contributed by atoms with Crippen molar-refractivity contribution in [3.63, 3.8) is 0 Å². The first kappa shape index (κ1) is 82.6. The number of unbranched alkanes of at least 4 members (excludes halogenated alkanes) is 51. The minimum atomic E-state index is -1.55. The van der Waals surface area contributed by atoms with Crippen LogP contribution in [0, 0.1) is 16.2 Å². The summed E-state index contributed by atoms with van der Waals surface area (Å²) >= 11 is 0. The van der Waals surface area contributed by atoms with E-state index < -0.39 is 24.2 Å². The van der Waals surface area contributed by atoms with E-state index in [1.54, 1.807) is 0 Å². The van der Waals surface area contributed by atoms with Crippen LogP contribution in [0.2, 0.25) is 0 Å². The van der Waals surface area contributed by atoms with E-state index in [4.69, 9.17) is 0 Å². The van der Waals surface area contributed by atoms with Crippen LogP contribution < -0.4 is 0 Å². The standard InChI is InChI=1S/C79H158O4/c1-8-15-22-29-36-43-44-47-54-61-68-77(66-59-52-45-37-30-23-16-9-2,67-60-53-46-38-31-24-17-10-3)79(71-64-57-50-41-34-27-20-13-6,72-65-58-51-42-35-28-21-14-7)78(76(83)75(82)74(81)73-80,69-62-55-48-39-32-25-18-11-4)70-63-56-49-40-33-26-19-12-5/h74-75,80-82H,8-73H2,1-7H3. The fraction of sp³-hybridized carbons (Fsp3) is 0.987. The highest BCUT2D eigenvalue weighted by Gasteiger charge is 2.63. The first-order valence-electron chi connectivity index (χ1n) is 39.2. The molecule has 498 valence electrons. The van der Waals surface area contributed by atoms with Crippen molar-refractivity contribution in [1.29, 1.82) is 0 Å². The van der Waals surface area contributed by atoms with Gasteiger partial charge in [0, 0.05) is 5.41 Å². The second-order valence-electron chi connectivity index (χ2n) is 28.3. The van der Waals surface area contributed by atoms with E-state index in [0.29, 0.717) is 0 Å². The van der Waals surface area contributed by atoms with Gasteiger partial charge >= 0.3 is 0 Å². The van der Waals surface area contributed by atoms with Crippen LogP contribution in [0.25, 0.3) is 0 Å². The molecule has 0 fully saturated rings. The van der Waals surface area contributed by atoms with Crippen molar-refractivity contribution in [2.45, 2.75) is 478 Å². The van der Waals surface area contributed by atoms with Gasteiger partial charge in [0.25, 0.3) is 0 Å². The van der Waals surface area contributed by atoms with Crippen molar-refractivity contribution >= 4 is 5.78 Å². The van der Waals surface area contributed by atoms with E-state index >= 15 is 4.79 Å². The Morgan fingerprint density at radius 3 is 0.614 bits per heavy atom. The van der Waals surface area contributed by atoms with E-state index in [1.807, 2.05) is 0 Å². The molecule has 0 aliphatic rings. The molecule has 4 heteroatoms. The molecular formula is C79H158O4. The third-order valence-electron chi connectivity index (χ3n) is 21.1. The van der Waals surface area contributed by atoms with Crippen LogP contribution in [0.15, 0.2) is 0 Å². The molecule has 0 heterocycles. The van der Waals surface area contributed by atoms with Crippen LogP contribution in [0.3, 0.4) is 0 Å². The van der Waals surface area contributed by atoms with Gasteiger partial charge < -0.3 is 15.3 Å². The Kier molecular flexibility index (Phi) is 61.4. The Bertz CT molecular complexity index is 1220. The molecule has 4 nitrogen and oxygen atoms in total. The molecule has 0 aromatic rings. The van der Waals surface area contributed by atoms with Crippen molar-refractivity contribution in [3.8, 4) is 0 Å². The van der Waals surface area contributed by atoms with Gasteiger partial charge in [0.15, 0.2) is 5.78 Å². The normalized spacial score (nSPS) is 13.2. The monoisotopic (exact) mass is 1170 g/mol. The fourth-order valence-corrected chi connectivity index (χ4v) is 15.8. The van der Waals surface area contributed by atoms with Gasteiger partial charge in [0.1, 0.15) is 12.2 Å². The Morgan fingerprint density at radius 1 is 0.253 bits per heavy atom. The molecule has 0 saturated carbocycles. The average Bonchev–Trinajstić information content (AvgIpc) is 3.10. The maximum atomic E-state index is 16.8. The third kappa shape index (κ3) is 40.7. The van der Waals surface area contributed by atoms with Crippen molar-refractivity contribution < 1.29 is 20.1 Å². The highest BCUT2D eigenvalue weighted by molar-refractivity contribution is 5.90. The van der Waals surface area contributed by atoms with E-state index in [2.05, 4.69) is 48.5 Å². The van der Waals surface area contributed by atoms with E-state index in [9.17, 15) is 15.3 Å². The summed E-state index contributed by atoms with van der Waals surface area (Å²) in [5, 5.41) is 35.2. The van der Waals surface area contributed by atoms with Crippen LogP contribution in [0.1, 0.15) is 466 Å². The summed E-state index contributed by atoms with van der Waals surface area (Å²) < 4.78 is 0. The summed E-state index contributed by atoms with van der Waals surface area (Å²) in [5.41, 5.74) is -1.07. The molecule has 0 aliphatic carbocycles. The number of Topliss-reactive ketones (excluding diaryl/α,β-unsaturated/α-hetero) is 1. The third-order valence-corrected chi connectivity index (χ3v) is 21.1. The van der Waals surface area contributed by atoms with Crippen LogP contribution in [-0.2, 0) is 4.79 Å². The predicted molar refractivity (Wildman–Crippen MR) is 371 cm³/mol. The van der Waals surface area contributed by atoms with Gasteiger partial charge in [0.2, 0.25) is 0 Å². The number of ketones is 1. The Hall–Kier alpha value is -0.450. The molecule has 0 saturated heterocycles. The van der Waals surface area contributed by atoms with Gasteiger partial charge in [0.05, 0.1) is 6.61 Å². The molecule has 3 N–H and O–H groups in total. The van der Waals surface area contributed by atoms with E-state index in [-0.39, 0.29) is 16.6 Å². The van der Waals surface area contributed by atoms with Crippen LogP contribution in [-0.4, -0.2) is 39.9 Å². The number of aliphatic hydroxyl groups excluding tert-OH is 3. The average molecular weight is 1170 g/mol. The molecule has 0 aliphatic heterocycles. The molecule has 0 spiro atoms. The Morgan fingerprint density at radius 2 is 0.422 bits per heavy atom. The summed E-state index contributed by atoms with van der Waals surface area (Å²) in [6.45, 7) is 15.7. The first-order chi connectivity index (χ1) is 40.7. The zero-order valence-electron chi connectivity index (χ0n) is 58.6. The zero-order valence-corrected chi connectivity index (χ0v) is 58.6. The molecule has 0 amide bonds. The minimum absolute atomic E-state index is 0.0281. The molecule has 0 aromatic heterocycles.